The molecule has 0 N–H and O–H groups in total. The summed E-state index contributed by atoms with van der Waals surface area (Å²) in [6.07, 6.45) is 1.78. The van der Waals surface area contributed by atoms with Crippen molar-refractivity contribution >= 4 is 5.78 Å². The Bertz CT molecular complexity index is 516. The Balaban J connectivity index is 1.97. The van der Waals surface area contributed by atoms with E-state index in [-0.39, 0.29) is 23.8 Å². The summed E-state index contributed by atoms with van der Waals surface area (Å²) < 4.78 is 25.0. The molecule has 0 saturated carbocycles. The average molecular weight is 264 g/mol. The third-order valence-corrected chi connectivity index (χ3v) is 3.84. The third kappa shape index (κ3) is 2.25. The van der Waals surface area contributed by atoms with Crippen molar-refractivity contribution in [3.63, 3.8) is 0 Å². The van der Waals surface area contributed by atoms with Crippen LogP contribution in [0.3, 0.4) is 0 Å². The molecule has 2 aliphatic heterocycles. The molecule has 0 amide bonds. The fraction of sp³-hybridized carbons (Fsp3) is 0.533. The van der Waals surface area contributed by atoms with Gasteiger partial charge >= 0.3 is 0 Å². The highest BCUT2D eigenvalue weighted by Crippen LogP contribution is 2.42. The molecule has 0 radical (unpaired) electrons. The summed E-state index contributed by atoms with van der Waals surface area (Å²) in [5.74, 6) is 0.0249. The first kappa shape index (κ1) is 12.6. The topological polar surface area (TPSA) is 35.5 Å². The van der Waals surface area contributed by atoms with Crippen LogP contribution < -0.4 is 4.74 Å². The predicted octanol–water partition coefficient (Wildman–Crippen LogP) is 3.12. The van der Waals surface area contributed by atoms with Crippen molar-refractivity contribution in [2.75, 3.05) is 0 Å². The van der Waals surface area contributed by atoms with Crippen LogP contribution in [0.25, 0.3) is 0 Å². The van der Waals surface area contributed by atoms with Gasteiger partial charge in [-0.2, -0.15) is 0 Å². The maximum absolute atomic E-state index is 13.3. The first-order valence-corrected chi connectivity index (χ1v) is 6.65. The van der Waals surface area contributed by atoms with Crippen molar-refractivity contribution in [1.82, 2.24) is 0 Å². The van der Waals surface area contributed by atoms with Gasteiger partial charge in [0.25, 0.3) is 0 Å². The molecular formula is C15H17FO3. The van der Waals surface area contributed by atoms with E-state index in [1.807, 2.05) is 13.8 Å². The van der Waals surface area contributed by atoms with E-state index in [0.29, 0.717) is 30.6 Å². The largest absolute Gasteiger partial charge is 0.486 e. The van der Waals surface area contributed by atoms with E-state index in [1.165, 1.54) is 18.2 Å². The van der Waals surface area contributed by atoms with E-state index in [4.69, 9.17) is 9.47 Å². The highest BCUT2D eigenvalue weighted by molar-refractivity contribution is 6.00. The zero-order chi connectivity index (χ0) is 13.6. The van der Waals surface area contributed by atoms with E-state index in [9.17, 15) is 9.18 Å². The van der Waals surface area contributed by atoms with Gasteiger partial charge in [-0.05, 0) is 26.0 Å². The summed E-state index contributed by atoms with van der Waals surface area (Å²) in [6, 6.07) is 4.11. The number of halogens is 1. The summed E-state index contributed by atoms with van der Waals surface area (Å²) in [5.41, 5.74) is -0.0478. The van der Waals surface area contributed by atoms with Crippen LogP contribution in [0.5, 0.6) is 5.75 Å². The van der Waals surface area contributed by atoms with Gasteiger partial charge in [-0.3, -0.25) is 4.79 Å². The Kier molecular flexibility index (Phi) is 2.86. The van der Waals surface area contributed by atoms with Crippen LogP contribution in [0.15, 0.2) is 18.2 Å². The summed E-state index contributed by atoms with van der Waals surface area (Å²) in [7, 11) is 0. The Labute approximate surface area is 111 Å². The fourth-order valence-corrected chi connectivity index (χ4v) is 3.32. The third-order valence-electron chi connectivity index (χ3n) is 3.84. The number of benzene rings is 1. The predicted molar refractivity (Wildman–Crippen MR) is 67.9 cm³/mol. The summed E-state index contributed by atoms with van der Waals surface area (Å²) in [4.78, 5) is 12.2. The second kappa shape index (κ2) is 4.30. The second-order valence-electron chi connectivity index (χ2n) is 5.69. The number of carbonyl (C=O) groups is 1. The van der Waals surface area contributed by atoms with E-state index < -0.39 is 5.60 Å². The van der Waals surface area contributed by atoms with Crippen LogP contribution >= 0.6 is 0 Å². The van der Waals surface area contributed by atoms with Crippen LogP contribution in [0, 0.1) is 5.82 Å². The molecular weight excluding hydrogens is 247 g/mol. The van der Waals surface area contributed by atoms with Crippen molar-refractivity contribution in [3.05, 3.63) is 29.6 Å². The van der Waals surface area contributed by atoms with Gasteiger partial charge in [0.1, 0.15) is 17.2 Å². The maximum atomic E-state index is 13.3. The second-order valence-corrected chi connectivity index (χ2v) is 5.69. The molecule has 1 fully saturated rings. The molecule has 3 rings (SSSR count). The number of ether oxygens (including phenoxy) is 2. The highest BCUT2D eigenvalue weighted by Gasteiger charge is 2.45. The summed E-state index contributed by atoms with van der Waals surface area (Å²) in [5, 5.41) is 0. The molecule has 1 aromatic rings. The smallest absolute Gasteiger partial charge is 0.170 e. The van der Waals surface area contributed by atoms with Crippen LogP contribution in [0.1, 0.15) is 43.5 Å². The SMILES string of the molecule is CC1CC2(CC(=O)c3ccc(F)cc3O2)CC(C)O1. The molecule has 2 unspecified atom stereocenters. The highest BCUT2D eigenvalue weighted by atomic mass is 19.1. The van der Waals surface area contributed by atoms with E-state index >= 15 is 0 Å². The molecule has 2 heterocycles. The minimum absolute atomic E-state index is 0.0301. The number of carbonyl (C=O) groups excluding carboxylic acids is 1. The first-order chi connectivity index (χ1) is 8.97. The van der Waals surface area contributed by atoms with Gasteiger partial charge in [0.15, 0.2) is 5.78 Å². The van der Waals surface area contributed by atoms with Gasteiger partial charge in [-0.15, -0.1) is 0 Å². The molecule has 4 heteroatoms. The number of ketones is 1. The minimum atomic E-state index is -0.533. The van der Waals surface area contributed by atoms with Crippen molar-refractivity contribution in [1.29, 1.82) is 0 Å². The lowest BCUT2D eigenvalue weighted by molar-refractivity contribution is -0.120. The number of rotatable bonds is 0. The summed E-state index contributed by atoms with van der Waals surface area (Å²) in [6.45, 7) is 3.96. The van der Waals surface area contributed by atoms with Gasteiger partial charge in [-0.1, -0.05) is 0 Å². The Morgan fingerprint density at radius 2 is 1.95 bits per heavy atom. The van der Waals surface area contributed by atoms with Gasteiger partial charge in [0.05, 0.1) is 24.2 Å². The number of hydrogen-bond donors (Lipinski definition) is 0. The number of fused-ring (bicyclic) bond motifs is 1. The number of Topliss-reactive ketones (excluding diaryl/α,β-unsaturated/α-hetero) is 1. The molecule has 2 aliphatic rings. The molecule has 0 bridgehead atoms. The van der Waals surface area contributed by atoms with Crippen LogP contribution in [-0.2, 0) is 4.74 Å². The van der Waals surface area contributed by atoms with Gasteiger partial charge in [0, 0.05) is 18.9 Å². The molecule has 1 spiro atoms. The van der Waals surface area contributed by atoms with Crippen LogP contribution in [0.2, 0.25) is 0 Å². The Morgan fingerprint density at radius 1 is 1.26 bits per heavy atom. The van der Waals surface area contributed by atoms with E-state index in [1.54, 1.807) is 0 Å². The van der Waals surface area contributed by atoms with E-state index in [2.05, 4.69) is 0 Å². The van der Waals surface area contributed by atoms with Gasteiger partial charge in [-0.25, -0.2) is 4.39 Å². The lowest BCUT2D eigenvalue weighted by Crippen LogP contribution is -2.50. The molecule has 0 aliphatic carbocycles. The molecule has 102 valence electrons. The van der Waals surface area contributed by atoms with Crippen molar-refractivity contribution < 1.29 is 18.7 Å². The first-order valence-electron chi connectivity index (χ1n) is 6.65. The maximum Gasteiger partial charge on any atom is 0.170 e. The monoisotopic (exact) mass is 264 g/mol. The van der Waals surface area contributed by atoms with Crippen molar-refractivity contribution in [3.8, 4) is 5.75 Å². The molecule has 19 heavy (non-hydrogen) atoms. The van der Waals surface area contributed by atoms with Crippen molar-refractivity contribution in [2.24, 2.45) is 0 Å². The fourth-order valence-electron chi connectivity index (χ4n) is 3.32. The molecule has 0 aromatic heterocycles. The van der Waals surface area contributed by atoms with Crippen LogP contribution in [-0.4, -0.2) is 23.6 Å². The number of hydrogen-bond acceptors (Lipinski definition) is 3. The lowest BCUT2D eigenvalue weighted by Gasteiger charge is -2.44. The Hall–Kier alpha value is -1.42. The molecule has 1 saturated heterocycles. The average Bonchev–Trinajstić information content (AvgIpc) is 2.25. The lowest BCUT2D eigenvalue weighted by atomic mass is 9.80. The van der Waals surface area contributed by atoms with E-state index in [0.717, 1.165) is 0 Å². The Morgan fingerprint density at radius 3 is 2.63 bits per heavy atom. The minimum Gasteiger partial charge on any atom is -0.486 e. The van der Waals surface area contributed by atoms with Gasteiger partial charge in [0.2, 0.25) is 0 Å². The molecule has 1 aromatic carbocycles. The zero-order valence-electron chi connectivity index (χ0n) is 11.1. The standard InChI is InChI=1S/C15H17FO3/c1-9-6-15(7-10(2)18-9)8-13(17)12-4-3-11(16)5-14(12)19-15/h3-5,9-10H,6-8H2,1-2H3. The molecule has 2 atom stereocenters. The zero-order valence-corrected chi connectivity index (χ0v) is 11.1. The van der Waals surface area contributed by atoms with Gasteiger partial charge < -0.3 is 9.47 Å². The quantitative estimate of drug-likeness (QED) is 0.722. The van der Waals surface area contributed by atoms with Crippen LogP contribution in [0.4, 0.5) is 4.39 Å². The molecule has 3 nitrogen and oxygen atoms in total. The normalized spacial score (nSPS) is 33.9. The summed E-state index contributed by atoms with van der Waals surface area (Å²) >= 11 is 0. The van der Waals surface area contributed by atoms with Crippen molar-refractivity contribution in [2.45, 2.75) is 50.9 Å².